The van der Waals surface area contributed by atoms with Crippen LogP contribution in [-0.2, 0) is 19.4 Å². The number of hydrogen-bond donors (Lipinski definition) is 1. The minimum atomic E-state index is -3.84. The first kappa shape index (κ1) is 21.3. The van der Waals surface area contributed by atoms with Crippen molar-refractivity contribution in [3.8, 4) is 0 Å². The van der Waals surface area contributed by atoms with Crippen molar-refractivity contribution in [1.29, 1.82) is 0 Å². The molecule has 0 saturated heterocycles. The Morgan fingerprint density at radius 2 is 1.61 bits per heavy atom. The van der Waals surface area contributed by atoms with Crippen molar-refractivity contribution >= 4 is 49.0 Å². The summed E-state index contributed by atoms with van der Waals surface area (Å²) < 4.78 is 27.8. The number of hydrogen-bond acceptors (Lipinski definition) is 4. The van der Waals surface area contributed by atoms with E-state index in [1.54, 1.807) is 72.8 Å². The molecule has 1 heterocycles. The molecule has 0 aliphatic carbocycles. The third-order valence-corrected chi connectivity index (χ3v) is 7.77. The molecule has 6 nitrogen and oxygen atoms in total. The third-order valence-electron chi connectivity index (χ3n) is 5.10. The van der Waals surface area contributed by atoms with E-state index >= 15 is 0 Å². The molecule has 1 aliphatic heterocycles. The van der Waals surface area contributed by atoms with Crippen LogP contribution in [0.2, 0.25) is 0 Å². The number of rotatable bonds is 4. The second-order valence-electron chi connectivity index (χ2n) is 7.15. The Bertz CT molecular complexity index is 1230. The van der Waals surface area contributed by atoms with Crippen LogP contribution in [0.1, 0.15) is 17.2 Å². The number of amides is 2. The zero-order valence-electron chi connectivity index (χ0n) is 16.4. The average Bonchev–Trinajstić information content (AvgIpc) is 2.85. The number of carbonyl (C=O) groups excluding carboxylic acids is 2. The fraction of sp³-hybridized carbons (Fsp3) is 0.130. The van der Waals surface area contributed by atoms with E-state index in [1.165, 1.54) is 11.0 Å². The van der Waals surface area contributed by atoms with Crippen LogP contribution in [0.5, 0.6) is 0 Å². The summed E-state index contributed by atoms with van der Waals surface area (Å²) >= 11 is 3.34. The minimum Gasteiger partial charge on any atom is -0.325 e. The second kappa shape index (κ2) is 8.64. The first-order valence-electron chi connectivity index (χ1n) is 9.60. The van der Waals surface area contributed by atoms with Crippen LogP contribution >= 0.6 is 15.9 Å². The molecule has 0 bridgehead atoms. The van der Waals surface area contributed by atoms with Gasteiger partial charge in [0.15, 0.2) is 9.84 Å². The molecule has 0 aromatic heterocycles. The summed E-state index contributed by atoms with van der Waals surface area (Å²) in [5.74, 6) is -0.839. The first-order chi connectivity index (χ1) is 14.9. The van der Waals surface area contributed by atoms with E-state index in [4.69, 9.17) is 0 Å². The van der Waals surface area contributed by atoms with Crippen LogP contribution in [-0.4, -0.2) is 26.8 Å². The van der Waals surface area contributed by atoms with Crippen LogP contribution in [0.15, 0.2) is 88.2 Å². The maximum atomic E-state index is 13.4. The summed E-state index contributed by atoms with van der Waals surface area (Å²) in [6.07, 6.45) is -0.243. The van der Waals surface area contributed by atoms with E-state index < -0.39 is 26.9 Å². The molecule has 158 valence electrons. The Kier molecular flexibility index (Phi) is 5.93. The maximum absolute atomic E-state index is 13.4. The van der Waals surface area contributed by atoms with Crippen molar-refractivity contribution in [2.45, 2.75) is 16.6 Å². The summed E-state index contributed by atoms with van der Waals surface area (Å²) in [4.78, 5) is 27.1. The van der Waals surface area contributed by atoms with Gasteiger partial charge in [0.1, 0.15) is 6.54 Å². The van der Waals surface area contributed by atoms with Crippen LogP contribution in [0.25, 0.3) is 0 Å². The van der Waals surface area contributed by atoms with Crippen LogP contribution in [0.4, 0.5) is 11.4 Å². The van der Waals surface area contributed by atoms with Gasteiger partial charge in [-0.05, 0) is 42.0 Å². The van der Waals surface area contributed by atoms with Crippen LogP contribution < -0.4 is 10.2 Å². The summed E-state index contributed by atoms with van der Waals surface area (Å²) in [5.41, 5.74) is 1.35. The molecular weight excluding hydrogens is 480 g/mol. The van der Waals surface area contributed by atoms with Gasteiger partial charge >= 0.3 is 0 Å². The van der Waals surface area contributed by atoms with Crippen LogP contribution in [0, 0.1) is 0 Å². The Labute approximate surface area is 188 Å². The van der Waals surface area contributed by atoms with Gasteiger partial charge < -0.3 is 10.2 Å². The Morgan fingerprint density at radius 1 is 0.968 bits per heavy atom. The molecule has 0 radical (unpaired) electrons. The van der Waals surface area contributed by atoms with Crippen molar-refractivity contribution in [2.24, 2.45) is 0 Å². The van der Waals surface area contributed by atoms with E-state index in [2.05, 4.69) is 21.2 Å². The smallest absolute Gasteiger partial charge is 0.244 e. The van der Waals surface area contributed by atoms with E-state index in [9.17, 15) is 18.0 Å². The molecule has 2 amide bonds. The van der Waals surface area contributed by atoms with Gasteiger partial charge in [0.25, 0.3) is 0 Å². The summed E-state index contributed by atoms with van der Waals surface area (Å²) in [6, 6.07) is 22.1. The van der Waals surface area contributed by atoms with Gasteiger partial charge in [0, 0.05) is 16.6 Å². The van der Waals surface area contributed by atoms with Crippen molar-refractivity contribution in [3.05, 3.63) is 88.9 Å². The number of sulfone groups is 1. The summed E-state index contributed by atoms with van der Waals surface area (Å²) in [6.45, 7) is -0.289. The van der Waals surface area contributed by atoms with Gasteiger partial charge in [-0.25, -0.2) is 8.42 Å². The zero-order chi connectivity index (χ0) is 22.0. The number of carbonyl (C=O) groups is 2. The molecule has 1 unspecified atom stereocenters. The van der Waals surface area contributed by atoms with Crippen molar-refractivity contribution in [3.63, 3.8) is 0 Å². The largest absolute Gasteiger partial charge is 0.325 e. The quantitative estimate of drug-likeness (QED) is 0.579. The SMILES string of the molecule is O=C(CN1C(=O)CC(c2ccccc2)S(=O)(=O)c2ccccc21)Nc1ccc(Br)cc1. The Hall–Kier alpha value is -2.97. The van der Waals surface area contributed by atoms with E-state index in [1.807, 2.05) is 0 Å². The number of para-hydroxylation sites is 1. The molecule has 4 rings (SSSR count). The Morgan fingerprint density at radius 3 is 2.32 bits per heavy atom. The lowest BCUT2D eigenvalue weighted by Crippen LogP contribution is -2.38. The fourth-order valence-electron chi connectivity index (χ4n) is 3.60. The van der Waals surface area contributed by atoms with E-state index in [-0.39, 0.29) is 23.5 Å². The molecule has 0 saturated carbocycles. The van der Waals surface area contributed by atoms with Crippen molar-refractivity contribution in [2.75, 3.05) is 16.8 Å². The highest BCUT2D eigenvalue weighted by Crippen LogP contribution is 2.40. The fourth-order valence-corrected chi connectivity index (χ4v) is 5.79. The van der Waals surface area contributed by atoms with Gasteiger partial charge in [-0.2, -0.15) is 0 Å². The first-order valence-corrected chi connectivity index (χ1v) is 11.9. The van der Waals surface area contributed by atoms with E-state index in [0.29, 0.717) is 11.3 Å². The molecule has 1 N–H and O–H groups in total. The number of halogens is 1. The second-order valence-corrected chi connectivity index (χ2v) is 10.2. The van der Waals surface area contributed by atoms with Crippen molar-refractivity contribution in [1.82, 2.24) is 0 Å². The highest BCUT2D eigenvalue weighted by Gasteiger charge is 2.39. The van der Waals surface area contributed by atoms with Gasteiger partial charge in [-0.1, -0.05) is 58.4 Å². The molecule has 0 fully saturated rings. The lowest BCUT2D eigenvalue weighted by molar-refractivity contribution is -0.121. The minimum absolute atomic E-state index is 0.0474. The molecule has 1 atom stereocenters. The lowest BCUT2D eigenvalue weighted by atomic mass is 10.1. The van der Waals surface area contributed by atoms with E-state index in [0.717, 1.165) is 4.47 Å². The van der Waals surface area contributed by atoms with Gasteiger partial charge in [-0.3, -0.25) is 9.59 Å². The maximum Gasteiger partial charge on any atom is 0.244 e. The number of anilines is 2. The van der Waals surface area contributed by atoms with Gasteiger partial charge in [0.2, 0.25) is 11.8 Å². The van der Waals surface area contributed by atoms with Gasteiger partial charge in [0.05, 0.1) is 15.8 Å². The molecule has 31 heavy (non-hydrogen) atoms. The molecule has 8 heteroatoms. The van der Waals surface area contributed by atoms with Crippen LogP contribution in [0.3, 0.4) is 0 Å². The third kappa shape index (κ3) is 4.40. The normalized spacial score (nSPS) is 17.5. The molecular formula is C23H19BrN2O4S. The number of benzene rings is 3. The zero-order valence-corrected chi connectivity index (χ0v) is 18.8. The monoisotopic (exact) mass is 498 g/mol. The average molecular weight is 499 g/mol. The topological polar surface area (TPSA) is 83.6 Å². The van der Waals surface area contributed by atoms with Crippen molar-refractivity contribution < 1.29 is 18.0 Å². The number of fused-ring (bicyclic) bond motifs is 1. The number of nitrogens with one attached hydrogen (secondary N) is 1. The molecule has 3 aromatic rings. The highest BCUT2D eigenvalue weighted by atomic mass is 79.9. The summed E-state index contributed by atoms with van der Waals surface area (Å²) in [5, 5.41) is 1.74. The standard InChI is InChI=1S/C23H19BrN2O4S/c24-17-10-12-18(13-11-17)25-22(27)15-26-19-8-4-5-9-20(19)31(29,30)21(14-23(26)28)16-6-2-1-3-7-16/h1-13,21H,14-15H2,(H,25,27). The highest BCUT2D eigenvalue weighted by molar-refractivity contribution is 9.10. The lowest BCUT2D eigenvalue weighted by Gasteiger charge is -2.21. The predicted molar refractivity (Wildman–Crippen MR) is 123 cm³/mol. The van der Waals surface area contributed by atoms with Gasteiger partial charge in [-0.15, -0.1) is 0 Å². The molecule has 1 aliphatic rings. The summed E-state index contributed by atoms with van der Waals surface area (Å²) in [7, 11) is -3.84. The molecule has 3 aromatic carbocycles. The predicted octanol–water partition coefficient (Wildman–Crippen LogP) is 4.34. The molecule has 0 spiro atoms. The number of nitrogens with zero attached hydrogens (tertiary/aromatic N) is 1. The Balaban J connectivity index is 1.68.